The average Bonchev–Trinajstić information content (AvgIpc) is 3.47. The summed E-state index contributed by atoms with van der Waals surface area (Å²) < 4.78 is 31.6. The molecule has 0 aromatic heterocycles. The second-order valence-corrected chi connectivity index (χ2v) is 9.19. The Morgan fingerprint density at radius 1 is 1.36 bits per heavy atom. The van der Waals surface area contributed by atoms with E-state index in [4.69, 9.17) is 27.9 Å². The number of hydrogen-bond donors (Lipinski definition) is 2. The van der Waals surface area contributed by atoms with E-state index in [2.05, 4.69) is 16.1 Å². The second-order valence-electron chi connectivity index (χ2n) is 6.66. The highest BCUT2D eigenvalue weighted by molar-refractivity contribution is 7.89. The highest BCUT2D eigenvalue weighted by Crippen LogP contribution is 2.39. The molecule has 0 saturated heterocycles. The molecule has 0 bridgehead atoms. The van der Waals surface area contributed by atoms with Crippen LogP contribution in [0.4, 0.5) is 0 Å². The lowest BCUT2D eigenvalue weighted by Gasteiger charge is -2.22. The minimum absolute atomic E-state index is 0.0487. The number of benzene rings is 1. The number of nitrogens with zero attached hydrogens (tertiary/aromatic N) is 1. The number of ether oxygens (including phenoxy) is 1. The molecule has 0 heterocycles. The van der Waals surface area contributed by atoms with E-state index in [0.717, 1.165) is 18.9 Å². The van der Waals surface area contributed by atoms with Gasteiger partial charge in [0.2, 0.25) is 10.0 Å². The minimum Gasteiger partial charge on any atom is -0.454 e. The Morgan fingerprint density at radius 2 is 2.00 bits per heavy atom. The first-order chi connectivity index (χ1) is 13.0. The summed E-state index contributed by atoms with van der Waals surface area (Å²) in [7, 11) is -4.06. The number of nitrogens with one attached hydrogen (secondary N) is 2. The largest absolute Gasteiger partial charge is 0.454 e. The number of rotatable bonds is 8. The molecule has 0 spiro atoms. The summed E-state index contributed by atoms with van der Waals surface area (Å²) >= 11 is 11.6. The third-order valence-corrected chi connectivity index (χ3v) is 6.53. The number of sulfonamides is 1. The maximum absolute atomic E-state index is 12.3. The molecule has 152 valence electrons. The predicted octanol–water partition coefficient (Wildman–Crippen LogP) is 2.01. The van der Waals surface area contributed by atoms with Crippen molar-refractivity contribution < 1.29 is 22.7 Å². The number of hydrogen-bond acceptors (Lipinski definition) is 6. The lowest BCUT2D eigenvalue weighted by Crippen LogP contribution is -2.48. The number of carbonyl (C=O) groups excluding carboxylic acids is 2. The van der Waals surface area contributed by atoms with Crippen molar-refractivity contribution in [2.75, 3.05) is 6.61 Å². The van der Waals surface area contributed by atoms with Gasteiger partial charge >= 0.3 is 5.97 Å². The van der Waals surface area contributed by atoms with Crippen LogP contribution >= 0.6 is 23.2 Å². The van der Waals surface area contributed by atoms with Gasteiger partial charge in [-0.3, -0.25) is 9.59 Å². The maximum atomic E-state index is 12.3. The van der Waals surface area contributed by atoms with Crippen LogP contribution in [0.5, 0.6) is 0 Å². The van der Waals surface area contributed by atoms with Crippen LogP contribution in [0.25, 0.3) is 0 Å². The predicted molar refractivity (Wildman–Crippen MR) is 102 cm³/mol. The van der Waals surface area contributed by atoms with Crippen LogP contribution < -0.4 is 10.0 Å². The Labute approximate surface area is 173 Å². The molecule has 8 nitrogen and oxygen atoms in total. The first kappa shape index (κ1) is 22.4. The molecule has 1 saturated carbocycles. The van der Waals surface area contributed by atoms with Crippen LogP contribution in [-0.2, 0) is 24.3 Å². The zero-order valence-electron chi connectivity index (χ0n) is 15.2. The molecule has 2 rings (SSSR count). The number of halogens is 2. The van der Waals surface area contributed by atoms with Crippen LogP contribution in [-0.4, -0.2) is 38.5 Å². The van der Waals surface area contributed by atoms with Crippen molar-refractivity contribution in [1.29, 1.82) is 5.26 Å². The van der Waals surface area contributed by atoms with Gasteiger partial charge in [0.05, 0.1) is 21.0 Å². The van der Waals surface area contributed by atoms with Gasteiger partial charge in [0.15, 0.2) is 6.61 Å². The number of amides is 1. The molecule has 1 unspecified atom stereocenters. The number of nitriles is 1. The highest BCUT2D eigenvalue weighted by Gasteiger charge is 2.43. The first-order valence-corrected chi connectivity index (χ1v) is 10.6. The smallest absolute Gasteiger partial charge is 0.324 e. The van der Waals surface area contributed by atoms with Gasteiger partial charge in [-0.05, 0) is 50.8 Å². The van der Waals surface area contributed by atoms with Crippen LogP contribution in [0.2, 0.25) is 10.0 Å². The summed E-state index contributed by atoms with van der Waals surface area (Å²) in [6, 6.07) is 4.51. The molecule has 28 heavy (non-hydrogen) atoms. The fourth-order valence-electron chi connectivity index (χ4n) is 2.46. The summed E-state index contributed by atoms with van der Waals surface area (Å²) in [6.45, 7) is 2.26. The lowest BCUT2D eigenvalue weighted by molar-refractivity contribution is -0.150. The molecule has 1 aromatic rings. The molecule has 11 heteroatoms. The van der Waals surface area contributed by atoms with E-state index in [0.29, 0.717) is 0 Å². The van der Waals surface area contributed by atoms with Crippen molar-refractivity contribution in [3.8, 4) is 6.07 Å². The van der Waals surface area contributed by atoms with E-state index in [-0.39, 0.29) is 20.9 Å². The van der Waals surface area contributed by atoms with Gasteiger partial charge in [0, 0.05) is 0 Å². The number of carbonyl (C=O) groups is 2. The van der Waals surface area contributed by atoms with Crippen molar-refractivity contribution in [3.05, 3.63) is 28.2 Å². The van der Waals surface area contributed by atoms with E-state index in [9.17, 15) is 23.3 Å². The van der Waals surface area contributed by atoms with E-state index < -0.39 is 40.1 Å². The van der Waals surface area contributed by atoms with Gasteiger partial charge in [-0.1, -0.05) is 23.2 Å². The summed E-state index contributed by atoms with van der Waals surface area (Å²) in [4.78, 5) is 23.8. The van der Waals surface area contributed by atoms with Gasteiger partial charge < -0.3 is 10.1 Å². The van der Waals surface area contributed by atoms with Crippen LogP contribution in [0.15, 0.2) is 23.1 Å². The third kappa shape index (κ3) is 5.58. The van der Waals surface area contributed by atoms with Gasteiger partial charge in [-0.2, -0.15) is 9.98 Å². The highest BCUT2D eigenvalue weighted by atomic mass is 35.5. The van der Waals surface area contributed by atoms with Gasteiger partial charge in [0.25, 0.3) is 5.91 Å². The number of esters is 1. The van der Waals surface area contributed by atoms with Crippen LogP contribution in [0.3, 0.4) is 0 Å². The molecule has 1 amide bonds. The van der Waals surface area contributed by atoms with Crippen molar-refractivity contribution in [2.24, 2.45) is 5.92 Å². The standard InChI is InChI=1S/C17H19Cl2N3O5S/c1-10(22-28(25,26)12-5-6-13(18)14(19)7-12)16(24)27-8-15(23)21-17(2,9-20)11-3-4-11/h5-7,10-11,22H,3-4,8H2,1-2H3,(H,21,23)/t10-,17?/m0/s1. The molecule has 0 radical (unpaired) electrons. The summed E-state index contributed by atoms with van der Waals surface area (Å²) in [5, 5.41) is 12.0. The molecule has 1 aliphatic carbocycles. The molecule has 1 aromatic carbocycles. The molecule has 1 fully saturated rings. The topological polar surface area (TPSA) is 125 Å². The fourth-order valence-corrected chi connectivity index (χ4v) is 4.04. The van der Waals surface area contributed by atoms with Crippen molar-refractivity contribution in [1.82, 2.24) is 10.0 Å². The van der Waals surface area contributed by atoms with Crippen molar-refractivity contribution in [2.45, 2.75) is 43.2 Å². The van der Waals surface area contributed by atoms with E-state index in [1.54, 1.807) is 6.92 Å². The monoisotopic (exact) mass is 447 g/mol. The molecule has 1 aliphatic rings. The first-order valence-electron chi connectivity index (χ1n) is 8.35. The second kappa shape index (κ2) is 8.66. The Bertz CT molecular complexity index is 927. The molecular weight excluding hydrogens is 429 g/mol. The molecular formula is C17H19Cl2N3O5S. The Balaban J connectivity index is 1.90. The van der Waals surface area contributed by atoms with Crippen molar-refractivity contribution in [3.63, 3.8) is 0 Å². The lowest BCUT2D eigenvalue weighted by atomic mass is 9.98. The van der Waals surface area contributed by atoms with E-state index >= 15 is 0 Å². The molecule has 2 atom stereocenters. The Morgan fingerprint density at radius 3 is 2.54 bits per heavy atom. The molecule has 0 aliphatic heterocycles. The van der Waals surface area contributed by atoms with E-state index in [1.165, 1.54) is 19.1 Å². The SMILES string of the molecule is C[C@H](NS(=O)(=O)c1ccc(Cl)c(Cl)c1)C(=O)OCC(=O)NC(C)(C#N)C1CC1. The van der Waals surface area contributed by atoms with Gasteiger partial charge in [-0.25, -0.2) is 8.42 Å². The van der Waals surface area contributed by atoms with Crippen LogP contribution in [0, 0.1) is 17.2 Å². The third-order valence-electron chi connectivity index (χ3n) is 4.26. The van der Waals surface area contributed by atoms with Gasteiger partial charge in [-0.15, -0.1) is 0 Å². The summed E-state index contributed by atoms with van der Waals surface area (Å²) in [6.07, 6.45) is 1.69. The van der Waals surface area contributed by atoms with Crippen LogP contribution in [0.1, 0.15) is 26.7 Å². The summed E-state index contributed by atoms with van der Waals surface area (Å²) in [5.74, 6) is -1.50. The minimum atomic E-state index is -4.06. The fraction of sp³-hybridized carbons (Fsp3) is 0.471. The van der Waals surface area contributed by atoms with E-state index in [1.807, 2.05) is 0 Å². The average molecular weight is 448 g/mol. The Hall–Kier alpha value is -1.86. The maximum Gasteiger partial charge on any atom is 0.324 e. The van der Waals surface area contributed by atoms with Gasteiger partial charge in [0.1, 0.15) is 11.6 Å². The normalized spacial score (nSPS) is 17.1. The Kier molecular flexibility index (Phi) is 6.93. The molecule has 2 N–H and O–H groups in total. The quantitative estimate of drug-likeness (QED) is 0.586. The summed E-state index contributed by atoms with van der Waals surface area (Å²) in [5.41, 5.74) is -1.01. The van der Waals surface area contributed by atoms with Crippen molar-refractivity contribution >= 4 is 45.1 Å². The zero-order chi connectivity index (χ0) is 21.1. The zero-order valence-corrected chi connectivity index (χ0v) is 17.5.